The maximum absolute atomic E-state index is 13.0. The van der Waals surface area contributed by atoms with E-state index in [-0.39, 0.29) is 25.7 Å². The van der Waals surface area contributed by atoms with Crippen molar-refractivity contribution in [2.45, 2.75) is 324 Å². The minimum absolute atomic E-state index is 0.104. The van der Waals surface area contributed by atoms with Gasteiger partial charge in [0.15, 0.2) is 12.2 Å². The molecule has 5 atom stereocenters. The van der Waals surface area contributed by atoms with E-state index in [0.29, 0.717) is 25.7 Å². The van der Waals surface area contributed by atoms with Crippen molar-refractivity contribution in [2.75, 3.05) is 39.6 Å². The monoisotopic (exact) mass is 1210 g/mol. The number of rotatable bonds is 61. The molecule has 82 heavy (non-hydrogen) atoms. The van der Waals surface area contributed by atoms with Gasteiger partial charge in [-0.15, -0.1) is 0 Å². The smallest absolute Gasteiger partial charge is 0.462 e. The van der Waals surface area contributed by atoms with E-state index in [0.717, 1.165) is 114 Å². The number of hydrogen-bond acceptors (Lipinski definition) is 15. The minimum Gasteiger partial charge on any atom is -0.462 e. The van der Waals surface area contributed by atoms with E-state index >= 15 is 0 Å². The molecule has 0 aliphatic carbocycles. The summed E-state index contributed by atoms with van der Waals surface area (Å²) in [6, 6.07) is 0. The van der Waals surface area contributed by atoms with Gasteiger partial charge in [0.25, 0.3) is 0 Å². The molecular weight excluding hydrogens is 1090 g/mol. The number of phosphoric acid groups is 2. The van der Waals surface area contributed by atoms with E-state index < -0.39 is 97.5 Å². The number of carbonyl (C=O) groups excluding carboxylic acids is 4. The zero-order chi connectivity index (χ0) is 61.0. The summed E-state index contributed by atoms with van der Waals surface area (Å²) < 4.78 is 67.8. The lowest BCUT2D eigenvalue weighted by Gasteiger charge is -2.21. The summed E-state index contributed by atoms with van der Waals surface area (Å²) in [6.07, 6.45) is 35.2. The van der Waals surface area contributed by atoms with Gasteiger partial charge < -0.3 is 33.8 Å². The van der Waals surface area contributed by atoms with E-state index in [9.17, 15) is 43.2 Å². The Morgan fingerprint density at radius 2 is 0.561 bits per heavy atom. The lowest BCUT2D eigenvalue weighted by Crippen LogP contribution is -2.30. The van der Waals surface area contributed by atoms with E-state index in [1.165, 1.54) is 109 Å². The van der Waals surface area contributed by atoms with Crippen LogP contribution < -0.4 is 0 Å². The number of phosphoric ester groups is 2. The van der Waals surface area contributed by atoms with Crippen molar-refractivity contribution in [3.63, 3.8) is 0 Å². The van der Waals surface area contributed by atoms with Crippen molar-refractivity contribution >= 4 is 39.5 Å². The van der Waals surface area contributed by atoms with Gasteiger partial charge in [-0.1, -0.05) is 254 Å². The maximum Gasteiger partial charge on any atom is 0.472 e. The first-order valence-electron chi connectivity index (χ1n) is 32.8. The third-order valence-electron chi connectivity index (χ3n) is 14.4. The summed E-state index contributed by atoms with van der Waals surface area (Å²) in [4.78, 5) is 71.9. The second kappa shape index (κ2) is 54.5. The Bertz CT molecular complexity index is 1630. The van der Waals surface area contributed by atoms with Gasteiger partial charge in [-0.2, -0.15) is 0 Å². The summed E-state index contributed by atoms with van der Waals surface area (Å²) in [5.74, 6) is 0.0849. The third-order valence-corrected chi connectivity index (χ3v) is 16.3. The molecule has 0 rings (SSSR count). The Balaban J connectivity index is 5.19. The maximum atomic E-state index is 13.0. The van der Waals surface area contributed by atoms with E-state index in [1.54, 1.807) is 0 Å². The largest absolute Gasteiger partial charge is 0.472 e. The molecule has 0 aliphatic rings. The quantitative estimate of drug-likeness (QED) is 0.0222. The highest BCUT2D eigenvalue weighted by Gasteiger charge is 2.30. The molecule has 0 aromatic heterocycles. The third kappa shape index (κ3) is 57.2. The average Bonchev–Trinajstić information content (AvgIpc) is 3.42. The number of hydrogen-bond donors (Lipinski definition) is 3. The van der Waals surface area contributed by atoms with Gasteiger partial charge >= 0.3 is 39.5 Å². The van der Waals surface area contributed by atoms with E-state index in [1.807, 2.05) is 0 Å². The Morgan fingerprint density at radius 3 is 0.829 bits per heavy atom. The molecule has 2 unspecified atom stereocenters. The second-order valence-corrected chi connectivity index (χ2v) is 27.1. The van der Waals surface area contributed by atoms with Gasteiger partial charge in [0.1, 0.15) is 19.3 Å². The Labute approximate surface area is 498 Å². The summed E-state index contributed by atoms with van der Waals surface area (Å²) >= 11 is 0. The van der Waals surface area contributed by atoms with Crippen LogP contribution in [0.1, 0.15) is 305 Å². The Kier molecular flexibility index (Phi) is 53.2. The molecule has 0 radical (unpaired) electrons. The zero-order valence-electron chi connectivity index (χ0n) is 52.9. The average molecular weight is 1210 g/mol. The molecule has 0 bridgehead atoms. The summed E-state index contributed by atoms with van der Waals surface area (Å²) in [6.45, 7) is 11.6. The molecule has 3 N–H and O–H groups in total. The molecule has 0 amide bonds. The van der Waals surface area contributed by atoms with E-state index in [4.69, 9.17) is 37.0 Å². The highest BCUT2D eigenvalue weighted by molar-refractivity contribution is 7.47. The van der Waals surface area contributed by atoms with Crippen LogP contribution in [0.2, 0.25) is 0 Å². The summed E-state index contributed by atoms with van der Waals surface area (Å²) in [7, 11) is -9.88. The topological polar surface area (TPSA) is 237 Å². The predicted octanol–water partition coefficient (Wildman–Crippen LogP) is 17.1. The molecule has 0 saturated heterocycles. The van der Waals surface area contributed by atoms with Crippen molar-refractivity contribution in [1.82, 2.24) is 0 Å². The molecule has 17 nitrogen and oxygen atoms in total. The molecule has 0 heterocycles. The van der Waals surface area contributed by atoms with Crippen LogP contribution in [0.25, 0.3) is 0 Å². The van der Waals surface area contributed by atoms with Crippen LogP contribution in [-0.4, -0.2) is 96.7 Å². The van der Waals surface area contributed by atoms with Crippen molar-refractivity contribution in [3.8, 4) is 0 Å². The lowest BCUT2D eigenvalue weighted by molar-refractivity contribution is -0.161. The van der Waals surface area contributed by atoms with E-state index in [2.05, 4.69) is 48.5 Å². The van der Waals surface area contributed by atoms with Crippen molar-refractivity contribution < 1.29 is 80.2 Å². The van der Waals surface area contributed by atoms with Gasteiger partial charge in [0.2, 0.25) is 0 Å². The zero-order valence-corrected chi connectivity index (χ0v) is 54.7. The van der Waals surface area contributed by atoms with Crippen LogP contribution in [0.5, 0.6) is 0 Å². The normalized spacial score (nSPS) is 14.4. The molecule has 0 spiro atoms. The van der Waals surface area contributed by atoms with Crippen LogP contribution in [0.4, 0.5) is 0 Å². The van der Waals surface area contributed by atoms with Crippen LogP contribution >= 0.6 is 15.6 Å². The standard InChI is InChI=1S/C63H122O17P2/c1-8-9-10-27-37-44-60(65)73-50-58(79-63(68)47-40-33-26-20-14-17-23-30-36-43-56(6)7)52-77-81(69,70)75-48-57(64)49-76-82(71,72)78-53-59(51-74-61(66)45-38-31-24-19-13-16-22-29-35-42-55(4)5)80-62(67)46-39-32-25-18-12-11-15-21-28-34-41-54(2)3/h54-59,64H,8-53H2,1-7H3,(H,69,70)(H,71,72)/t57-,58+,59+/m0/s1. The number of aliphatic hydroxyl groups excluding tert-OH is 1. The number of aliphatic hydroxyl groups is 1. The molecule has 0 aromatic rings. The summed E-state index contributed by atoms with van der Waals surface area (Å²) in [5.41, 5.74) is 0. The molecular formula is C63H122O17P2. The van der Waals surface area contributed by atoms with Crippen LogP contribution in [0.3, 0.4) is 0 Å². The fourth-order valence-electron chi connectivity index (χ4n) is 9.30. The van der Waals surface area contributed by atoms with Gasteiger partial charge in [-0.05, 0) is 43.4 Å². The van der Waals surface area contributed by atoms with Crippen LogP contribution in [0, 0.1) is 17.8 Å². The highest BCUT2D eigenvalue weighted by atomic mass is 31.2. The first-order valence-corrected chi connectivity index (χ1v) is 35.8. The molecule has 0 saturated carbocycles. The molecule has 0 aliphatic heterocycles. The Morgan fingerprint density at radius 1 is 0.329 bits per heavy atom. The number of carbonyl (C=O) groups is 4. The van der Waals surface area contributed by atoms with Gasteiger partial charge in [-0.25, -0.2) is 9.13 Å². The molecule has 0 fully saturated rings. The van der Waals surface area contributed by atoms with Gasteiger partial charge in [0, 0.05) is 25.7 Å². The number of unbranched alkanes of at least 4 members (excludes halogenated alkanes) is 29. The first-order chi connectivity index (χ1) is 39.2. The number of esters is 4. The fraction of sp³-hybridized carbons (Fsp3) is 0.937. The summed E-state index contributed by atoms with van der Waals surface area (Å²) in [5, 5.41) is 10.5. The predicted molar refractivity (Wildman–Crippen MR) is 326 cm³/mol. The molecule has 19 heteroatoms. The fourth-order valence-corrected chi connectivity index (χ4v) is 10.9. The highest BCUT2D eigenvalue weighted by Crippen LogP contribution is 2.45. The van der Waals surface area contributed by atoms with Crippen LogP contribution in [-0.2, 0) is 65.4 Å². The first kappa shape index (κ1) is 80.1. The van der Waals surface area contributed by atoms with Crippen molar-refractivity contribution in [3.05, 3.63) is 0 Å². The van der Waals surface area contributed by atoms with Gasteiger partial charge in [0.05, 0.1) is 26.4 Å². The SMILES string of the molecule is CCCCCCCC(=O)OC[C@H](COP(=O)(O)OC[C@H](O)COP(=O)(O)OC[C@@H](COC(=O)CCCCCCCCCCCC(C)C)OC(=O)CCCCCCCCCCCCC(C)C)OC(=O)CCCCCCCCCCCC(C)C. The minimum atomic E-state index is -4.94. The van der Waals surface area contributed by atoms with Crippen molar-refractivity contribution in [2.24, 2.45) is 17.8 Å². The lowest BCUT2D eigenvalue weighted by atomic mass is 10.0. The molecule has 0 aromatic carbocycles. The van der Waals surface area contributed by atoms with Crippen LogP contribution in [0.15, 0.2) is 0 Å². The second-order valence-electron chi connectivity index (χ2n) is 24.2. The molecule has 486 valence electrons. The number of ether oxygens (including phenoxy) is 4. The Hall–Kier alpha value is -1.94. The van der Waals surface area contributed by atoms with Gasteiger partial charge in [-0.3, -0.25) is 37.3 Å². The van der Waals surface area contributed by atoms with Crippen molar-refractivity contribution in [1.29, 1.82) is 0 Å².